The summed E-state index contributed by atoms with van der Waals surface area (Å²) in [5, 5.41) is 34.4. The number of rotatable bonds is 2. The van der Waals surface area contributed by atoms with E-state index in [0.717, 1.165) is 49.1 Å². The Morgan fingerprint density at radius 2 is 1.56 bits per heavy atom. The minimum atomic E-state index is -0.102. The van der Waals surface area contributed by atoms with Crippen molar-refractivity contribution in [3.63, 3.8) is 0 Å². The van der Waals surface area contributed by atoms with Gasteiger partial charge in [-0.25, -0.2) is 0 Å². The SMILES string of the molecule is Cc1cc2c(ccc3c4cc(CO)c(CO)cc4c[n+](C)c23)cc1O. The van der Waals surface area contributed by atoms with E-state index in [2.05, 4.69) is 10.6 Å². The van der Waals surface area contributed by atoms with E-state index in [0.29, 0.717) is 5.75 Å². The molecule has 1 aromatic heterocycles. The Morgan fingerprint density at radius 3 is 2.28 bits per heavy atom. The highest BCUT2D eigenvalue weighted by Gasteiger charge is 2.17. The number of aromatic hydroxyl groups is 1. The molecule has 0 aliphatic heterocycles. The number of phenolic OH excluding ortho intramolecular Hbond substituents is 1. The Balaban J connectivity index is 2.20. The minimum Gasteiger partial charge on any atom is -0.508 e. The number of aliphatic hydroxyl groups excluding tert-OH is 2. The van der Waals surface area contributed by atoms with Crippen LogP contribution in [-0.4, -0.2) is 15.3 Å². The number of phenols is 1. The number of benzene rings is 3. The van der Waals surface area contributed by atoms with Crippen LogP contribution in [0.3, 0.4) is 0 Å². The zero-order valence-corrected chi connectivity index (χ0v) is 14.2. The maximum Gasteiger partial charge on any atom is 0.220 e. The second-order valence-corrected chi connectivity index (χ2v) is 6.59. The summed E-state index contributed by atoms with van der Waals surface area (Å²) >= 11 is 0. The summed E-state index contributed by atoms with van der Waals surface area (Å²) in [6, 6.07) is 11.8. The van der Waals surface area contributed by atoms with E-state index in [1.807, 2.05) is 44.4 Å². The molecule has 0 amide bonds. The third kappa shape index (κ3) is 2.34. The van der Waals surface area contributed by atoms with Gasteiger partial charge in [0.25, 0.3) is 0 Å². The van der Waals surface area contributed by atoms with Crippen molar-refractivity contribution in [1.82, 2.24) is 0 Å². The molecule has 0 radical (unpaired) electrons. The molecule has 0 unspecified atom stereocenters. The normalized spacial score (nSPS) is 11.7. The molecule has 0 fully saturated rings. The molecule has 0 aliphatic carbocycles. The molecule has 0 atom stereocenters. The van der Waals surface area contributed by atoms with Gasteiger partial charge in [-0.2, -0.15) is 4.57 Å². The number of aromatic nitrogens is 1. The zero-order chi connectivity index (χ0) is 17.7. The van der Waals surface area contributed by atoms with E-state index in [9.17, 15) is 15.3 Å². The highest BCUT2D eigenvalue weighted by atomic mass is 16.3. The first-order valence-corrected chi connectivity index (χ1v) is 8.25. The number of hydrogen-bond donors (Lipinski definition) is 3. The van der Waals surface area contributed by atoms with Gasteiger partial charge in [-0.1, -0.05) is 6.07 Å². The van der Waals surface area contributed by atoms with E-state index < -0.39 is 0 Å². The van der Waals surface area contributed by atoms with Gasteiger partial charge in [-0.3, -0.25) is 0 Å². The van der Waals surface area contributed by atoms with Gasteiger partial charge in [0, 0.05) is 10.8 Å². The molecule has 3 aromatic carbocycles. The van der Waals surface area contributed by atoms with Gasteiger partial charge >= 0.3 is 0 Å². The predicted molar refractivity (Wildman–Crippen MR) is 98.4 cm³/mol. The number of nitrogens with zero attached hydrogens (tertiary/aromatic N) is 1. The van der Waals surface area contributed by atoms with Crippen LogP contribution in [0.4, 0.5) is 0 Å². The van der Waals surface area contributed by atoms with Gasteiger partial charge in [0.05, 0.1) is 24.0 Å². The Kier molecular flexibility index (Phi) is 3.60. The highest BCUT2D eigenvalue weighted by molar-refractivity contribution is 6.13. The highest BCUT2D eigenvalue weighted by Crippen LogP contribution is 2.33. The zero-order valence-electron chi connectivity index (χ0n) is 14.2. The molecule has 0 aliphatic rings. The molecular weight excluding hydrogens is 314 g/mol. The van der Waals surface area contributed by atoms with Gasteiger partial charge in [0.2, 0.25) is 5.52 Å². The van der Waals surface area contributed by atoms with Crippen LogP contribution >= 0.6 is 0 Å². The van der Waals surface area contributed by atoms with Crippen molar-refractivity contribution in [1.29, 1.82) is 0 Å². The smallest absolute Gasteiger partial charge is 0.220 e. The van der Waals surface area contributed by atoms with Crippen LogP contribution in [0, 0.1) is 6.92 Å². The molecule has 4 nitrogen and oxygen atoms in total. The first-order chi connectivity index (χ1) is 12.0. The summed E-state index contributed by atoms with van der Waals surface area (Å²) in [7, 11) is 2.00. The Bertz CT molecular complexity index is 1150. The monoisotopic (exact) mass is 334 g/mol. The average Bonchev–Trinajstić information content (AvgIpc) is 2.61. The van der Waals surface area contributed by atoms with Gasteiger partial charge in [0.15, 0.2) is 6.20 Å². The third-order valence-electron chi connectivity index (χ3n) is 5.00. The summed E-state index contributed by atoms with van der Waals surface area (Å²) in [6.07, 6.45) is 2.04. The topological polar surface area (TPSA) is 64.6 Å². The molecule has 1 heterocycles. The molecule has 0 spiro atoms. The third-order valence-corrected chi connectivity index (χ3v) is 5.00. The molecular formula is C21H20NO3+. The maximum absolute atomic E-state index is 10.00. The lowest BCUT2D eigenvalue weighted by Gasteiger charge is -2.11. The predicted octanol–water partition coefficient (Wildman–Crippen LogP) is 2.97. The van der Waals surface area contributed by atoms with Crippen LogP contribution < -0.4 is 4.57 Å². The van der Waals surface area contributed by atoms with Crippen molar-refractivity contribution < 1.29 is 19.9 Å². The molecule has 0 bridgehead atoms. The fraction of sp³-hybridized carbons (Fsp3) is 0.190. The second-order valence-electron chi connectivity index (χ2n) is 6.59. The molecule has 3 N–H and O–H groups in total. The molecule has 0 saturated heterocycles. The molecule has 0 saturated carbocycles. The first kappa shape index (κ1) is 15.8. The van der Waals surface area contributed by atoms with Crippen molar-refractivity contribution in [3.8, 4) is 5.75 Å². The average molecular weight is 334 g/mol. The van der Waals surface area contributed by atoms with Crippen LogP contribution in [-0.2, 0) is 20.3 Å². The second kappa shape index (κ2) is 5.69. The van der Waals surface area contributed by atoms with Gasteiger partial charge in [0.1, 0.15) is 12.8 Å². The van der Waals surface area contributed by atoms with Crippen LogP contribution in [0.1, 0.15) is 16.7 Å². The molecule has 4 rings (SSSR count). The molecule has 4 aromatic rings. The lowest BCUT2D eigenvalue weighted by molar-refractivity contribution is -0.642. The largest absolute Gasteiger partial charge is 0.508 e. The fourth-order valence-corrected chi connectivity index (χ4v) is 3.67. The van der Waals surface area contributed by atoms with E-state index in [-0.39, 0.29) is 13.2 Å². The maximum atomic E-state index is 10.00. The summed E-state index contributed by atoms with van der Waals surface area (Å²) in [5.41, 5.74) is 3.41. The Morgan fingerprint density at radius 1 is 0.840 bits per heavy atom. The van der Waals surface area contributed by atoms with Crippen LogP contribution in [0.2, 0.25) is 0 Å². The van der Waals surface area contributed by atoms with Gasteiger partial charge < -0.3 is 15.3 Å². The molecule has 4 heteroatoms. The quantitative estimate of drug-likeness (QED) is 0.390. The van der Waals surface area contributed by atoms with Crippen molar-refractivity contribution in [2.75, 3.05) is 0 Å². The van der Waals surface area contributed by atoms with E-state index in [1.165, 1.54) is 0 Å². The van der Waals surface area contributed by atoms with Crippen molar-refractivity contribution >= 4 is 32.4 Å². The number of fused-ring (bicyclic) bond motifs is 5. The van der Waals surface area contributed by atoms with Gasteiger partial charge in [-0.15, -0.1) is 0 Å². The Hall–Kier alpha value is -2.69. The van der Waals surface area contributed by atoms with Gasteiger partial charge in [-0.05, 0) is 59.3 Å². The van der Waals surface area contributed by atoms with Crippen LogP contribution in [0.5, 0.6) is 5.75 Å². The molecule has 25 heavy (non-hydrogen) atoms. The standard InChI is InChI=1S/C21H19NO3/c1-12-5-19-13(8-20(12)25)3-4-17-18-7-16(11-24)15(10-23)6-14(18)9-22(2)21(17)19/h3-9,23-24H,10-11H2,1-2H3/p+1. The van der Waals surface area contributed by atoms with E-state index in [1.54, 1.807) is 6.07 Å². The number of pyridine rings is 1. The lowest BCUT2D eigenvalue weighted by Crippen LogP contribution is -2.28. The summed E-state index contributed by atoms with van der Waals surface area (Å²) in [4.78, 5) is 0. The summed E-state index contributed by atoms with van der Waals surface area (Å²) in [5.74, 6) is 0.297. The lowest BCUT2D eigenvalue weighted by atomic mass is 9.96. The van der Waals surface area contributed by atoms with E-state index >= 15 is 0 Å². The van der Waals surface area contributed by atoms with Crippen molar-refractivity contribution in [3.05, 3.63) is 59.3 Å². The van der Waals surface area contributed by atoms with Crippen molar-refractivity contribution in [2.45, 2.75) is 20.1 Å². The summed E-state index contributed by atoms with van der Waals surface area (Å²) < 4.78 is 2.08. The van der Waals surface area contributed by atoms with E-state index in [4.69, 9.17) is 0 Å². The fourth-order valence-electron chi connectivity index (χ4n) is 3.67. The minimum absolute atomic E-state index is 0.0935. The number of hydrogen-bond acceptors (Lipinski definition) is 3. The number of aryl methyl sites for hydroxylation is 2. The van der Waals surface area contributed by atoms with Crippen molar-refractivity contribution in [2.24, 2.45) is 7.05 Å². The molecule has 126 valence electrons. The summed E-state index contributed by atoms with van der Waals surface area (Å²) in [6.45, 7) is 1.70. The number of aliphatic hydroxyl groups is 2. The van der Waals surface area contributed by atoms with Crippen LogP contribution in [0.15, 0.2) is 42.6 Å². The first-order valence-electron chi connectivity index (χ1n) is 8.25. The van der Waals surface area contributed by atoms with Crippen LogP contribution in [0.25, 0.3) is 32.4 Å². The Labute approximate surface area is 145 Å².